The number of rotatable bonds is 4. The van der Waals surface area contributed by atoms with Crippen LogP contribution in [-0.4, -0.2) is 23.6 Å². The van der Waals surface area contributed by atoms with Gasteiger partial charge < -0.3 is 10.1 Å². The van der Waals surface area contributed by atoms with Crippen LogP contribution in [0.3, 0.4) is 0 Å². The van der Waals surface area contributed by atoms with Crippen molar-refractivity contribution >= 4 is 5.95 Å². The van der Waals surface area contributed by atoms with E-state index in [4.69, 9.17) is 4.74 Å². The Bertz CT molecular complexity index is 540. The van der Waals surface area contributed by atoms with Gasteiger partial charge >= 0.3 is 0 Å². The molecule has 18 heavy (non-hydrogen) atoms. The van der Waals surface area contributed by atoms with E-state index in [0.717, 1.165) is 22.6 Å². The number of benzene rings is 1. The standard InChI is InChI=1S/C14H17N3O/c1-4-18-13-6-5-11(9-10(13)2)12-7-8-16-14(15-3)17-12/h5-9H,4H2,1-3H3,(H,15,16,17). The van der Waals surface area contributed by atoms with Crippen molar-refractivity contribution in [2.45, 2.75) is 13.8 Å². The summed E-state index contributed by atoms with van der Waals surface area (Å²) < 4.78 is 5.53. The lowest BCUT2D eigenvalue weighted by Crippen LogP contribution is -1.97. The maximum atomic E-state index is 5.53. The Balaban J connectivity index is 2.35. The third-order valence-corrected chi connectivity index (χ3v) is 2.65. The highest BCUT2D eigenvalue weighted by Gasteiger charge is 2.05. The fourth-order valence-corrected chi connectivity index (χ4v) is 1.77. The predicted octanol–water partition coefficient (Wildman–Crippen LogP) is 2.89. The third kappa shape index (κ3) is 2.59. The molecule has 2 aromatic rings. The maximum Gasteiger partial charge on any atom is 0.222 e. The van der Waals surface area contributed by atoms with Crippen molar-refractivity contribution in [2.75, 3.05) is 19.0 Å². The van der Waals surface area contributed by atoms with E-state index in [1.807, 2.05) is 39.1 Å². The Kier molecular flexibility index (Phi) is 3.77. The number of nitrogens with one attached hydrogen (secondary N) is 1. The minimum atomic E-state index is 0.624. The summed E-state index contributed by atoms with van der Waals surface area (Å²) in [7, 11) is 1.81. The zero-order valence-corrected chi connectivity index (χ0v) is 10.9. The highest BCUT2D eigenvalue weighted by Crippen LogP contribution is 2.25. The number of aryl methyl sites for hydroxylation is 1. The fourth-order valence-electron chi connectivity index (χ4n) is 1.77. The van der Waals surface area contributed by atoms with Crippen molar-refractivity contribution in [2.24, 2.45) is 0 Å². The molecule has 1 aromatic heterocycles. The van der Waals surface area contributed by atoms with Gasteiger partial charge in [-0.25, -0.2) is 9.97 Å². The zero-order valence-electron chi connectivity index (χ0n) is 10.9. The van der Waals surface area contributed by atoms with Gasteiger partial charge in [-0.1, -0.05) is 0 Å². The summed E-state index contributed by atoms with van der Waals surface area (Å²) in [6, 6.07) is 7.97. The quantitative estimate of drug-likeness (QED) is 0.897. The molecular formula is C14H17N3O. The normalized spacial score (nSPS) is 10.2. The molecule has 0 unspecified atom stereocenters. The Morgan fingerprint density at radius 2 is 2.11 bits per heavy atom. The second kappa shape index (κ2) is 5.49. The molecule has 1 heterocycles. The van der Waals surface area contributed by atoms with Crippen LogP contribution in [0.5, 0.6) is 5.75 Å². The number of nitrogens with zero attached hydrogens (tertiary/aromatic N) is 2. The summed E-state index contributed by atoms with van der Waals surface area (Å²) in [4.78, 5) is 8.52. The lowest BCUT2D eigenvalue weighted by atomic mass is 10.1. The number of anilines is 1. The molecule has 2 rings (SSSR count). The predicted molar refractivity (Wildman–Crippen MR) is 72.9 cm³/mol. The van der Waals surface area contributed by atoms with Crippen LogP contribution in [0.15, 0.2) is 30.5 Å². The van der Waals surface area contributed by atoms with E-state index in [2.05, 4.69) is 21.4 Å². The van der Waals surface area contributed by atoms with Crippen LogP contribution in [0.2, 0.25) is 0 Å². The average Bonchev–Trinajstić information content (AvgIpc) is 2.41. The Hall–Kier alpha value is -2.10. The van der Waals surface area contributed by atoms with E-state index < -0.39 is 0 Å². The monoisotopic (exact) mass is 243 g/mol. The first-order valence-corrected chi connectivity index (χ1v) is 5.99. The topological polar surface area (TPSA) is 47.0 Å². The molecule has 0 amide bonds. The van der Waals surface area contributed by atoms with Crippen LogP contribution in [0.4, 0.5) is 5.95 Å². The highest BCUT2D eigenvalue weighted by atomic mass is 16.5. The summed E-state index contributed by atoms with van der Waals surface area (Å²) in [5, 5.41) is 2.94. The number of hydrogen-bond donors (Lipinski definition) is 1. The first-order valence-electron chi connectivity index (χ1n) is 5.99. The van der Waals surface area contributed by atoms with E-state index in [9.17, 15) is 0 Å². The average molecular weight is 243 g/mol. The van der Waals surface area contributed by atoms with Crippen LogP contribution < -0.4 is 10.1 Å². The minimum Gasteiger partial charge on any atom is -0.494 e. The van der Waals surface area contributed by atoms with Crippen molar-refractivity contribution in [1.82, 2.24) is 9.97 Å². The van der Waals surface area contributed by atoms with Gasteiger partial charge in [0.1, 0.15) is 5.75 Å². The van der Waals surface area contributed by atoms with Crippen molar-refractivity contribution in [3.8, 4) is 17.0 Å². The molecular weight excluding hydrogens is 226 g/mol. The van der Waals surface area contributed by atoms with Gasteiger partial charge in [0.2, 0.25) is 5.95 Å². The molecule has 0 radical (unpaired) electrons. The third-order valence-electron chi connectivity index (χ3n) is 2.65. The molecule has 0 saturated carbocycles. The lowest BCUT2D eigenvalue weighted by Gasteiger charge is -2.09. The van der Waals surface area contributed by atoms with Crippen molar-refractivity contribution < 1.29 is 4.74 Å². The first-order chi connectivity index (χ1) is 8.74. The largest absolute Gasteiger partial charge is 0.494 e. The van der Waals surface area contributed by atoms with Gasteiger partial charge in [-0.2, -0.15) is 0 Å². The first kappa shape index (κ1) is 12.4. The molecule has 4 heteroatoms. The van der Waals surface area contributed by atoms with E-state index >= 15 is 0 Å². The Labute approximate surface area is 107 Å². The molecule has 94 valence electrons. The molecule has 1 aromatic carbocycles. The van der Waals surface area contributed by atoms with Gasteiger partial charge in [-0.05, 0) is 43.7 Å². The Morgan fingerprint density at radius 3 is 2.78 bits per heavy atom. The molecule has 0 spiro atoms. The molecule has 4 nitrogen and oxygen atoms in total. The number of ether oxygens (including phenoxy) is 1. The number of hydrogen-bond acceptors (Lipinski definition) is 4. The van der Waals surface area contributed by atoms with Gasteiger partial charge in [0, 0.05) is 18.8 Å². The second-order valence-corrected chi connectivity index (χ2v) is 3.93. The van der Waals surface area contributed by atoms with E-state index in [0.29, 0.717) is 12.6 Å². The summed E-state index contributed by atoms with van der Waals surface area (Å²) in [6.45, 7) is 4.70. The van der Waals surface area contributed by atoms with E-state index in [-0.39, 0.29) is 0 Å². The smallest absolute Gasteiger partial charge is 0.222 e. The van der Waals surface area contributed by atoms with Gasteiger partial charge in [0.05, 0.1) is 12.3 Å². The molecule has 0 atom stereocenters. The van der Waals surface area contributed by atoms with Crippen LogP contribution in [0.25, 0.3) is 11.3 Å². The fraction of sp³-hybridized carbons (Fsp3) is 0.286. The van der Waals surface area contributed by atoms with Crippen molar-refractivity contribution in [1.29, 1.82) is 0 Å². The molecule has 0 fully saturated rings. The molecule has 0 aliphatic carbocycles. The summed E-state index contributed by atoms with van der Waals surface area (Å²) in [6.07, 6.45) is 1.75. The molecule has 1 N–H and O–H groups in total. The Morgan fingerprint density at radius 1 is 1.28 bits per heavy atom. The number of aromatic nitrogens is 2. The summed E-state index contributed by atoms with van der Waals surface area (Å²) in [5.41, 5.74) is 3.08. The molecule has 0 aliphatic heterocycles. The SMILES string of the molecule is CCOc1ccc(-c2ccnc(NC)n2)cc1C. The highest BCUT2D eigenvalue weighted by molar-refractivity contribution is 5.62. The molecule has 0 saturated heterocycles. The second-order valence-electron chi connectivity index (χ2n) is 3.93. The van der Waals surface area contributed by atoms with Crippen molar-refractivity contribution in [3.63, 3.8) is 0 Å². The zero-order chi connectivity index (χ0) is 13.0. The molecule has 0 aliphatic rings. The summed E-state index contributed by atoms with van der Waals surface area (Å²) in [5.74, 6) is 1.54. The van der Waals surface area contributed by atoms with E-state index in [1.54, 1.807) is 6.20 Å². The lowest BCUT2D eigenvalue weighted by molar-refractivity contribution is 0.338. The minimum absolute atomic E-state index is 0.624. The van der Waals surface area contributed by atoms with Crippen molar-refractivity contribution in [3.05, 3.63) is 36.0 Å². The van der Waals surface area contributed by atoms with E-state index in [1.165, 1.54) is 0 Å². The van der Waals surface area contributed by atoms with Gasteiger partial charge in [-0.3, -0.25) is 0 Å². The maximum absolute atomic E-state index is 5.53. The van der Waals surface area contributed by atoms with Gasteiger partial charge in [0.15, 0.2) is 0 Å². The molecule has 0 bridgehead atoms. The van der Waals surface area contributed by atoms with Gasteiger partial charge in [-0.15, -0.1) is 0 Å². The van der Waals surface area contributed by atoms with Crippen LogP contribution in [0, 0.1) is 6.92 Å². The van der Waals surface area contributed by atoms with Gasteiger partial charge in [0.25, 0.3) is 0 Å². The summed E-state index contributed by atoms with van der Waals surface area (Å²) >= 11 is 0. The van der Waals surface area contributed by atoms with Crippen LogP contribution in [-0.2, 0) is 0 Å². The van der Waals surface area contributed by atoms with Crippen LogP contribution >= 0.6 is 0 Å². The van der Waals surface area contributed by atoms with Crippen LogP contribution in [0.1, 0.15) is 12.5 Å².